The summed E-state index contributed by atoms with van der Waals surface area (Å²) in [6.07, 6.45) is 0.836. The van der Waals surface area contributed by atoms with Crippen LogP contribution in [-0.2, 0) is 14.8 Å². The van der Waals surface area contributed by atoms with E-state index in [2.05, 4.69) is 0 Å². The molecular formula is C12H13FN2O3S. The molecule has 1 aromatic carbocycles. The zero-order valence-corrected chi connectivity index (χ0v) is 10.8. The van der Waals surface area contributed by atoms with E-state index in [1.807, 2.05) is 0 Å². The van der Waals surface area contributed by atoms with E-state index in [0.717, 1.165) is 16.8 Å². The fourth-order valence-corrected chi connectivity index (χ4v) is 4.52. The van der Waals surface area contributed by atoms with Crippen molar-refractivity contribution in [3.05, 3.63) is 30.1 Å². The van der Waals surface area contributed by atoms with Gasteiger partial charge in [-0.05, 0) is 36.5 Å². The van der Waals surface area contributed by atoms with Crippen molar-refractivity contribution in [1.29, 1.82) is 0 Å². The number of carbonyl (C=O) groups is 1. The topological polar surface area (TPSA) is 80.5 Å². The molecule has 1 heterocycles. The van der Waals surface area contributed by atoms with E-state index in [0.29, 0.717) is 0 Å². The molecule has 2 fully saturated rings. The SMILES string of the molecule is NC(=O)[C@H]1C2CC2CN1S(=O)(=O)c1cccc(F)c1. The van der Waals surface area contributed by atoms with Gasteiger partial charge in [0, 0.05) is 6.54 Å². The van der Waals surface area contributed by atoms with Crippen LogP contribution >= 0.6 is 0 Å². The first-order valence-corrected chi connectivity index (χ1v) is 7.42. The average Bonchev–Trinajstić information content (AvgIpc) is 2.99. The number of sulfonamides is 1. The number of primary amides is 1. The van der Waals surface area contributed by atoms with Gasteiger partial charge in [-0.1, -0.05) is 6.07 Å². The van der Waals surface area contributed by atoms with Crippen molar-refractivity contribution in [3.63, 3.8) is 0 Å². The lowest BCUT2D eigenvalue weighted by atomic mass is 10.2. The molecule has 19 heavy (non-hydrogen) atoms. The van der Waals surface area contributed by atoms with Crippen molar-refractivity contribution in [2.45, 2.75) is 17.4 Å². The quantitative estimate of drug-likeness (QED) is 0.868. The smallest absolute Gasteiger partial charge is 0.243 e. The molecule has 1 saturated heterocycles. The second-order valence-corrected chi connectivity index (χ2v) is 6.93. The second-order valence-electron chi connectivity index (χ2n) is 5.04. The van der Waals surface area contributed by atoms with Gasteiger partial charge in [-0.25, -0.2) is 12.8 Å². The molecule has 3 atom stereocenters. The molecule has 0 spiro atoms. The molecule has 2 N–H and O–H groups in total. The van der Waals surface area contributed by atoms with Gasteiger partial charge in [0.2, 0.25) is 15.9 Å². The van der Waals surface area contributed by atoms with Crippen LogP contribution in [0, 0.1) is 17.7 Å². The number of hydrogen-bond acceptors (Lipinski definition) is 3. The molecule has 2 unspecified atom stereocenters. The van der Waals surface area contributed by atoms with Gasteiger partial charge in [0.1, 0.15) is 11.9 Å². The van der Waals surface area contributed by atoms with Gasteiger partial charge in [0.25, 0.3) is 0 Å². The summed E-state index contributed by atoms with van der Waals surface area (Å²) in [6.45, 7) is 0.289. The molecule has 7 heteroatoms. The maximum absolute atomic E-state index is 13.2. The number of halogens is 1. The first-order chi connectivity index (χ1) is 8.91. The third-order valence-corrected chi connectivity index (χ3v) is 5.65. The Morgan fingerprint density at radius 1 is 1.42 bits per heavy atom. The molecule has 1 aromatic rings. The van der Waals surface area contributed by atoms with E-state index in [4.69, 9.17) is 5.73 Å². The van der Waals surface area contributed by atoms with Gasteiger partial charge in [-0.2, -0.15) is 4.31 Å². The van der Waals surface area contributed by atoms with Gasteiger partial charge < -0.3 is 5.73 Å². The predicted octanol–water partition coefficient (Wildman–Crippen LogP) is 0.320. The lowest BCUT2D eigenvalue weighted by Gasteiger charge is -2.24. The van der Waals surface area contributed by atoms with Crippen molar-refractivity contribution in [3.8, 4) is 0 Å². The molecule has 1 amide bonds. The zero-order valence-electron chi connectivity index (χ0n) is 9.99. The molecule has 0 bridgehead atoms. The first-order valence-electron chi connectivity index (χ1n) is 5.98. The Morgan fingerprint density at radius 3 is 2.79 bits per heavy atom. The van der Waals surface area contributed by atoms with Gasteiger partial charge in [0.15, 0.2) is 0 Å². The molecule has 2 aliphatic rings. The minimum atomic E-state index is -3.87. The molecule has 102 valence electrons. The summed E-state index contributed by atoms with van der Waals surface area (Å²) in [6, 6.07) is 3.99. The van der Waals surface area contributed by atoms with E-state index in [1.165, 1.54) is 18.2 Å². The summed E-state index contributed by atoms with van der Waals surface area (Å²) in [4.78, 5) is 11.3. The molecule has 3 rings (SSSR count). The first kappa shape index (κ1) is 12.6. The number of rotatable bonds is 3. The maximum Gasteiger partial charge on any atom is 0.243 e. The second kappa shape index (κ2) is 4.01. The Labute approximate surface area is 110 Å². The number of fused-ring (bicyclic) bond motifs is 1. The Morgan fingerprint density at radius 2 is 2.16 bits per heavy atom. The minimum absolute atomic E-state index is 0.0286. The highest BCUT2D eigenvalue weighted by Crippen LogP contribution is 2.50. The van der Waals surface area contributed by atoms with E-state index in [9.17, 15) is 17.6 Å². The predicted molar refractivity (Wildman–Crippen MR) is 64.9 cm³/mol. The van der Waals surface area contributed by atoms with Crippen molar-refractivity contribution in [2.24, 2.45) is 17.6 Å². The Hall–Kier alpha value is -1.47. The minimum Gasteiger partial charge on any atom is -0.368 e. The highest BCUT2D eigenvalue weighted by Gasteiger charge is 2.58. The van der Waals surface area contributed by atoms with Gasteiger partial charge in [0.05, 0.1) is 4.90 Å². The number of benzene rings is 1. The molecule has 1 aliphatic carbocycles. The zero-order chi connectivity index (χ0) is 13.8. The molecular weight excluding hydrogens is 271 g/mol. The molecule has 0 radical (unpaired) electrons. The van der Waals surface area contributed by atoms with Gasteiger partial charge in [-0.3, -0.25) is 4.79 Å². The van der Waals surface area contributed by atoms with E-state index >= 15 is 0 Å². The third kappa shape index (κ3) is 1.93. The number of nitrogens with two attached hydrogens (primary N) is 1. The van der Waals surface area contributed by atoms with Crippen LogP contribution in [0.2, 0.25) is 0 Å². The standard InChI is InChI=1S/C12H13FN2O3S/c13-8-2-1-3-9(5-8)19(17,18)15-6-7-4-10(7)11(15)12(14)16/h1-3,5,7,10-11H,4,6H2,(H2,14,16)/t7?,10?,11-/m1/s1. The van der Waals surface area contributed by atoms with Crippen LogP contribution in [0.15, 0.2) is 29.2 Å². The monoisotopic (exact) mass is 284 g/mol. The maximum atomic E-state index is 13.2. The van der Waals surface area contributed by atoms with Crippen LogP contribution in [0.4, 0.5) is 4.39 Å². The van der Waals surface area contributed by atoms with E-state index in [-0.39, 0.29) is 23.3 Å². The highest BCUT2D eigenvalue weighted by atomic mass is 32.2. The summed E-state index contributed by atoms with van der Waals surface area (Å²) in [5.41, 5.74) is 5.29. The number of nitrogens with zero attached hydrogens (tertiary/aromatic N) is 1. The fraction of sp³-hybridized carbons (Fsp3) is 0.417. The molecule has 5 nitrogen and oxygen atoms in total. The average molecular weight is 284 g/mol. The molecule has 1 aliphatic heterocycles. The summed E-state index contributed by atoms with van der Waals surface area (Å²) in [7, 11) is -3.87. The van der Waals surface area contributed by atoms with Gasteiger partial charge >= 0.3 is 0 Å². The summed E-state index contributed by atoms with van der Waals surface area (Å²) >= 11 is 0. The van der Waals surface area contributed by atoms with Crippen LogP contribution in [0.1, 0.15) is 6.42 Å². The number of hydrogen-bond donors (Lipinski definition) is 1. The normalized spacial score (nSPS) is 30.1. The third-order valence-electron chi connectivity index (χ3n) is 3.80. The Kier molecular flexibility index (Phi) is 2.65. The Bertz CT molecular complexity index is 646. The lowest BCUT2D eigenvalue weighted by Crippen LogP contribution is -2.46. The number of amides is 1. The summed E-state index contributed by atoms with van der Waals surface area (Å²) < 4.78 is 39.1. The number of carbonyl (C=O) groups excluding carboxylic acids is 1. The largest absolute Gasteiger partial charge is 0.368 e. The van der Waals surface area contributed by atoms with Crippen LogP contribution < -0.4 is 5.73 Å². The van der Waals surface area contributed by atoms with Crippen LogP contribution in [-0.4, -0.2) is 31.2 Å². The van der Waals surface area contributed by atoms with Crippen molar-refractivity contribution in [1.82, 2.24) is 4.31 Å². The van der Waals surface area contributed by atoms with Crippen LogP contribution in [0.25, 0.3) is 0 Å². The van der Waals surface area contributed by atoms with Crippen molar-refractivity contribution >= 4 is 15.9 Å². The fourth-order valence-electron chi connectivity index (χ4n) is 2.79. The molecule has 1 saturated carbocycles. The van der Waals surface area contributed by atoms with E-state index in [1.54, 1.807) is 0 Å². The lowest BCUT2D eigenvalue weighted by molar-refractivity contribution is -0.121. The van der Waals surface area contributed by atoms with Gasteiger partial charge in [-0.15, -0.1) is 0 Å². The van der Waals surface area contributed by atoms with Crippen LogP contribution in [0.3, 0.4) is 0 Å². The number of piperidine rings is 1. The summed E-state index contributed by atoms with van der Waals surface area (Å²) in [5.74, 6) is -1.02. The molecule has 0 aromatic heterocycles. The summed E-state index contributed by atoms with van der Waals surface area (Å²) in [5, 5.41) is 0. The van der Waals surface area contributed by atoms with E-state index < -0.39 is 27.8 Å². The van der Waals surface area contributed by atoms with Crippen molar-refractivity contribution < 1.29 is 17.6 Å². The van der Waals surface area contributed by atoms with Crippen LogP contribution in [0.5, 0.6) is 0 Å². The Balaban J connectivity index is 1.99. The van der Waals surface area contributed by atoms with Crippen molar-refractivity contribution in [2.75, 3.05) is 6.54 Å². The highest BCUT2D eigenvalue weighted by molar-refractivity contribution is 7.89.